The zero-order chi connectivity index (χ0) is 20.7. The molecule has 0 saturated carbocycles. The van der Waals surface area contributed by atoms with Crippen molar-refractivity contribution in [2.75, 3.05) is 25.5 Å². The minimum Gasteiger partial charge on any atom is -0.492 e. The Morgan fingerprint density at radius 1 is 1.17 bits per heavy atom. The molecule has 1 amide bonds. The van der Waals surface area contributed by atoms with Crippen LogP contribution in [0, 0.1) is 0 Å². The van der Waals surface area contributed by atoms with Gasteiger partial charge in [0.25, 0.3) is 5.91 Å². The van der Waals surface area contributed by atoms with E-state index in [9.17, 15) is 18.0 Å². The number of alkyl halides is 3. The summed E-state index contributed by atoms with van der Waals surface area (Å²) in [5.74, 6) is 0.914. The van der Waals surface area contributed by atoms with E-state index in [2.05, 4.69) is 5.32 Å². The number of benzene rings is 2. The van der Waals surface area contributed by atoms with Crippen molar-refractivity contribution >= 4 is 17.7 Å². The lowest BCUT2D eigenvalue weighted by Gasteiger charge is -2.13. The number of ether oxygens (including phenoxy) is 2. The van der Waals surface area contributed by atoms with Crippen molar-refractivity contribution in [3.63, 3.8) is 0 Å². The summed E-state index contributed by atoms with van der Waals surface area (Å²) in [4.78, 5) is 13.4. The van der Waals surface area contributed by atoms with Gasteiger partial charge in [-0.15, -0.1) is 11.8 Å². The fourth-order valence-electron chi connectivity index (χ4n) is 2.91. The highest BCUT2D eigenvalue weighted by molar-refractivity contribution is 7.99. The van der Waals surface area contributed by atoms with E-state index < -0.39 is 11.7 Å². The molecule has 0 radical (unpaired) electrons. The number of rotatable bonds is 8. The van der Waals surface area contributed by atoms with E-state index in [0.717, 1.165) is 42.2 Å². The van der Waals surface area contributed by atoms with E-state index >= 15 is 0 Å². The van der Waals surface area contributed by atoms with Gasteiger partial charge in [-0.05, 0) is 49.2 Å². The molecule has 29 heavy (non-hydrogen) atoms. The lowest BCUT2D eigenvalue weighted by molar-refractivity contribution is -0.137. The zero-order valence-corrected chi connectivity index (χ0v) is 16.5. The number of carbonyl (C=O) groups excluding carboxylic acids is 1. The van der Waals surface area contributed by atoms with Crippen LogP contribution >= 0.6 is 11.8 Å². The third kappa shape index (κ3) is 6.40. The van der Waals surface area contributed by atoms with Crippen molar-refractivity contribution < 1.29 is 27.4 Å². The van der Waals surface area contributed by atoms with Crippen LogP contribution in [0.15, 0.2) is 53.4 Å². The fourth-order valence-corrected chi connectivity index (χ4v) is 4.03. The molecule has 1 heterocycles. The second kappa shape index (κ2) is 10.0. The molecule has 4 nitrogen and oxygen atoms in total. The Balaban J connectivity index is 1.45. The van der Waals surface area contributed by atoms with Crippen molar-refractivity contribution in [1.82, 2.24) is 5.32 Å². The van der Waals surface area contributed by atoms with Gasteiger partial charge in [-0.2, -0.15) is 13.2 Å². The van der Waals surface area contributed by atoms with Crippen LogP contribution in [0.3, 0.4) is 0 Å². The molecule has 1 fully saturated rings. The first-order valence-electron chi connectivity index (χ1n) is 9.35. The minimum absolute atomic E-state index is 0.155. The lowest BCUT2D eigenvalue weighted by atomic mass is 10.2. The first-order chi connectivity index (χ1) is 13.9. The van der Waals surface area contributed by atoms with Gasteiger partial charge >= 0.3 is 6.18 Å². The molecular weight excluding hydrogens is 403 g/mol. The summed E-state index contributed by atoms with van der Waals surface area (Å²) in [6.07, 6.45) is -2.02. The first kappa shape index (κ1) is 21.5. The van der Waals surface area contributed by atoms with E-state index in [1.165, 1.54) is 12.1 Å². The molecule has 1 N–H and O–H groups in total. The summed E-state index contributed by atoms with van der Waals surface area (Å²) >= 11 is 1.60. The molecule has 0 spiro atoms. The molecule has 1 atom stereocenters. The molecule has 0 aromatic heterocycles. The van der Waals surface area contributed by atoms with Gasteiger partial charge in [-0.3, -0.25) is 4.79 Å². The normalized spacial score (nSPS) is 16.6. The average Bonchev–Trinajstić information content (AvgIpc) is 3.23. The van der Waals surface area contributed by atoms with E-state index in [0.29, 0.717) is 11.3 Å². The highest BCUT2D eigenvalue weighted by Gasteiger charge is 2.30. The van der Waals surface area contributed by atoms with Crippen LogP contribution in [-0.4, -0.2) is 37.5 Å². The Hall–Kier alpha value is -2.19. The smallest absolute Gasteiger partial charge is 0.416 e. The number of hydrogen-bond donors (Lipinski definition) is 1. The van der Waals surface area contributed by atoms with Crippen LogP contribution in [0.4, 0.5) is 13.2 Å². The van der Waals surface area contributed by atoms with Crippen molar-refractivity contribution in [3.8, 4) is 5.75 Å². The number of halogens is 3. The molecule has 0 bridgehead atoms. The van der Waals surface area contributed by atoms with E-state index in [1.807, 2.05) is 18.2 Å². The monoisotopic (exact) mass is 425 g/mol. The largest absolute Gasteiger partial charge is 0.492 e. The van der Waals surface area contributed by atoms with Gasteiger partial charge in [-0.1, -0.05) is 12.1 Å². The third-order valence-corrected chi connectivity index (χ3v) is 5.62. The predicted octanol–water partition coefficient (Wildman–Crippen LogP) is 4.79. The summed E-state index contributed by atoms with van der Waals surface area (Å²) in [6, 6.07) is 11.8. The summed E-state index contributed by atoms with van der Waals surface area (Å²) in [6.45, 7) is 1.19. The van der Waals surface area contributed by atoms with Crippen LogP contribution in [0.1, 0.15) is 28.8 Å². The topological polar surface area (TPSA) is 47.6 Å². The third-order valence-electron chi connectivity index (χ3n) is 4.42. The highest BCUT2D eigenvalue weighted by Crippen LogP contribution is 2.30. The lowest BCUT2D eigenvalue weighted by Crippen LogP contribution is -2.28. The van der Waals surface area contributed by atoms with Crippen LogP contribution in [-0.2, 0) is 10.9 Å². The summed E-state index contributed by atoms with van der Waals surface area (Å²) < 4.78 is 48.7. The van der Waals surface area contributed by atoms with Gasteiger partial charge in [0.05, 0.1) is 23.8 Å². The maximum absolute atomic E-state index is 12.6. The van der Waals surface area contributed by atoms with E-state index in [-0.39, 0.29) is 25.2 Å². The number of thioether (sulfide) groups is 1. The molecule has 0 aliphatic carbocycles. The molecule has 1 aliphatic rings. The van der Waals surface area contributed by atoms with E-state index in [1.54, 1.807) is 17.8 Å². The van der Waals surface area contributed by atoms with Crippen molar-refractivity contribution in [1.29, 1.82) is 0 Å². The SMILES string of the molecule is O=C(NCCOc1ccc(C(F)(F)F)cc1)c1ccccc1SCC1CCCO1. The minimum atomic E-state index is -4.37. The van der Waals surface area contributed by atoms with Crippen LogP contribution < -0.4 is 10.1 Å². The molecule has 8 heteroatoms. The average molecular weight is 425 g/mol. The van der Waals surface area contributed by atoms with Crippen LogP contribution in [0.25, 0.3) is 0 Å². The molecular formula is C21H22F3NO3S. The Morgan fingerprint density at radius 2 is 1.93 bits per heavy atom. The molecule has 156 valence electrons. The molecule has 3 rings (SSSR count). The Morgan fingerprint density at radius 3 is 2.62 bits per heavy atom. The highest BCUT2D eigenvalue weighted by atomic mass is 32.2. The maximum Gasteiger partial charge on any atom is 0.416 e. The maximum atomic E-state index is 12.6. The van der Waals surface area contributed by atoms with Gasteiger partial charge in [0.15, 0.2) is 0 Å². The summed E-state index contributed by atoms with van der Waals surface area (Å²) in [5, 5.41) is 2.78. The zero-order valence-electron chi connectivity index (χ0n) is 15.7. The van der Waals surface area contributed by atoms with Crippen LogP contribution in [0.5, 0.6) is 5.75 Å². The fraction of sp³-hybridized carbons (Fsp3) is 0.381. The van der Waals surface area contributed by atoms with Crippen molar-refractivity contribution in [2.45, 2.75) is 30.0 Å². The number of nitrogens with one attached hydrogen (secondary N) is 1. The quantitative estimate of drug-likeness (QED) is 0.488. The Labute approximate surface area is 171 Å². The summed E-state index contributed by atoms with van der Waals surface area (Å²) in [7, 11) is 0. The second-order valence-corrected chi connectivity index (χ2v) is 7.63. The number of amides is 1. The van der Waals surface area contributed by atoms with Crippen molar-refractivity contribution in [2.24, 2.45) is 0 Å². The van der Waals surface area contributed by atoms with Gasteiger partial charge in [0.1, 0.15) is 12.4 Å². The van der Waals surface area contributed by atoms with Crippen molar-refractivity contribution in [3.05, 3.63) is 59.7 Å². The Kier molecular flexibility index (Phi) is 7.44. The molecule has 1 aliphatic heterocycles. The first-order valence-corrected chi connectivity index (χ1v) is 10.3. The number of hydrogen-bond acceptors (Lipinski definition) is 4. The molecule has 1 unspecified atom stereocenters. The second-order valence-electron chi connectivity index (χ2n) is 6.57. The molecule has 2 aromatic carbocycles. The summed E-state index contributed by atoms with van der Waals surface area (Å²) in [5.41, 5.74) is -0.139. The van der Waals surface area contributed by atoms with E-state index in [4.69, 9.17) is 9.47 Å². The van der Waals surface area contributed by atoms with Gasteiger partial charge in [0, 0.05) is 17.3 Å². The molecule has 2 aromatic rings. The van der Waals surface area contributed by atoms with Crippen LogP contribution in [0.2, 0.25) is 0 Å². The van der Waals surface area contributed by atoms with Gasteiger partial charge in [0.2, 0.25) is 0 Å². The molecule has 1 saturated heterocycles. The predicted molar refractivity (Wildman–Crippen MR) is 105 cm³/mol. The standard InChI is InChI=1S/C21H22F3NO3S/c22-21(23,24)15-7-9-16(10-8-15)28-13-11-25-20(26)18-5-1-2-6-19(18)29-14-17-4-3-12-27-17/h1-2,5-10,17H,3-4,11-14H2,(H,25,26). The number of carbonyl (C=O) groups is 1. The Bertz CT molecular complexity index is 806. The van der Waals surface area contributed by atoms with Gasteiger partial charge < -0.3 is 14.8 Å². The van der Waals surface area contributed by atoms with Gasteiger partial charge in [-0.25, -0.2) is 0 Å².